The summed E-state index contributed by atoms with van der Waals surface area (Å²) in [6, 6.07) is 3.46. The van der Waals surface area contributed by atoms with Crippen molar-refractivity contribution in [3.05, 3.63) is 51.5 Å². The molecule has 1 atom stereocenters. The summed E-state index contributed by atoms with van der Waals surface area (Å²) in [6.07, 6.45) is 0. The first-order chi connectivity index (χ1) is 9.77. The van der Waals surface area contributed by atoms with Gasteiger partial charge >= 0.3 is 0 Å². The predicted octanol–water partition coefficient (Wildman–Crippen LogP) is 4.57. The van der Waals surface area contributed by atoms with Gasteiger partial charge in [-0.3, -0.25) is 0 Å². The number of hydrogen-bond donors (Lipinski definition) is 1. The molecule has 1 aromatic carbocycles. The maximum absolute atomic E-state index is 13.7. The highest BCUT2D eigenvalue weighted by Crippen LogP contribution is 2.26. The lowest BCUT2D eigenvalue weighted by Gasteiger charge is -2.15. The first kappa shape index (κ1) is 16.0. The van der Waals surface area contributed by atoms with Crippen LogP contribution < -0.4 is 5.32 Å². The molecule has 0 aliphatic heterocycles. The lowest BCUT2D eigenvalue weighted by Crippen LogP contribution is -2.20. The van der Waals surface area contributed by atoms with Gasteiger partial charge in [0.15, 0.2) is 0 Å². The van der Waals surface area contributed by atoms with E-state index in [1.54, 1.807) is 11.3 Å². The molecule has 0 radical (unpaired) electrons. The lowest BCUT2D eigenvalue weighted by atomic mass is 9.98. The Bertz CT molecular complexity index is 617. The Balaban J connectivity index is 2.01. The fraction of sp³-hybridized carbons (Fsp3) is 0.438. The smallest absolute Gasteiger partial charge is 0.130 e. The molecule has 0 saturated heterocycles. The molecule has 2 nitrogen and oxygen atoms in total. The van der Waals surface area contributed by atoms with E-state index in [1.165, 1.54) is 12.1 Å². The van der Waals surface area contributed by atoms with Crippen molar-refractivity contribution >= 4 is 11.3 Å². The molecule has 2 rings (SSSR count). The van der Waals surface area contributed by atoms with Gasteiger partial charge in [-0.2, -0.15) is 0 Å². The van der Waals surface area contributed by atoms with E-state index in [4.69, 9.17) is 0 Å². The minimum absolute atomic E-state index is 0.0393. The summed E-state index contributed by atoms with van der Waals surface area (Å²) in [5.41, 5.74) is 1.44. The minimum Gasteiger partial charge on any atom is -0.304 e. The number of nitrogens with one attached hydrogen (secondary N) is 1. The van der Waals surface area contributed by atoms with Gasteiger partial charge in [-0.15, -0.1) is 11.3 Å². The standard InChI is InChI=1S/C16H20F2N2S/c1-10(13-6-5-11(17)7-14(13)18)19-8-12-9-21-15(20-12)16(2,3)4/h5-7,9-10,19H,8H2,1-4H3. The molecular weight excluding hydrogens is 290 g/mol. The van der Waals surface area contributed by atoms with Crippen LogP contribution >= 0.6 is 11.3 Å². The van der Waals surface area contributed by atoms with Crippen molar-refractivity contribution in [2.45, 2.75) is 45.7 Å². The first-order valence-electron chi connectivity index (χ1n) is 6.90. The monoisotopic (exact) mass is 310 g/mol. The number of halogens is 2. The molecule has 0 amide bonds. The molecule has 5 heteroatoms. The highest BCUT2D eigenvalue weighted by atomic mass is 32.1. The third-order valence-electron chi connectivity index (χ3n) is 3.21. The van der Waals surface area contributed by atoms with E-state index in [9.17, 15) is 8.78 Å². The second-order valence-corrected chi connectivity index (χ2v) is 7.02. The molecular formula is C16H20F2N2S. The van der Waals surface area contributed by atoms with Gasteiger partial charge in [-0.05, 0) is 13.0 Å². The summed E-state index contributed by atoms with van der Waals surface area (Å²) in [5.74, 6) is -1.08. The average Bonchev–Trinajstić information content (AvgIpc) is 2.84. The van der Waals surface area contributed by atoms with Gasteiger partial charge in [0.1, 0.15) is 11.6 Å². The van der Waals surface area contributed by atoms with Crippen molar-refractivity contribution in [3.8, 4) is 0 Å². The Morgan fingerprint density at radius 3 is 2.57 bits per heavy atom. The van der Waals surface area contributed by atoms with Gasteiger partial charge in [0.2, 0.25) is 0 Å². The predicted molar refractivity (Wildman–Crippen MR) is 82.4 cm³/mol. The molecule has 1 heterocycles. The van der Waals surface area contributed by atoms with Crippen LogP contribution in [0.25, 0.3) is 0 Å². The van der Waals surface area contributed by atoms with Crippen molar-refractivity contribution in [1.29, 1.82) is 0 Å². The Labute approximate surface area is 128 Å². The van der Waals surface area contributed by atoms with E-state index in [0.29, 0.717) is 12.1 Å². The molecule has 0 spiro atoms. The largest absolute Gasteiger partial charge is 0.304 e. The number of rotatable bonds is 4. The highest BCUT2D eigenvalue weighted by molar-refractivity contribution is 7.09. The maximum atomic E-state index is 13.7. The van der Waals surface area contributed by atoms with E-state index in [0.717, 1.165) is 16.8 Å². The quantitative estimate of drug-likeness (QED) is 0.895. The van der Waals surface area contributed by atoms with E-state index in [2.05, 4.69) is 31.1 Å². The molecule has 1 N–H and O–H groups in total. The van der Waals surface area contributed by atoms with Crippen LogP contribution in [0.15, 0.2) is 23.6 Å². The van der Waals surface area contributed by atoms with Gasteiger partial charge in [0.25, 0.3) is 0 Å². The first-order valence-corrected chi connectivity index (χ1v) is 7.78. The summed E-state index contributed by atoms with van der Waals surface area (Å²) in [4.78, 5) is 4.59. The average molecular weight is 310 g/mol. The molecule has 0 aliphatic carbocycles. The zero-order chi connectivity index (χ0) is 15.6. The normalized spacial score (nSPS) is 13.4. The fourth-order valence-corrected chi connectivity index (χ4v) is 2.86. The van der Waals surface area contributed by atoms with E-state index in [1.807, 2.05) is 12.3 Å². The summed E-state index contributed by atoms with van der Waals surface area (Å²) < 4.78 is 26.6. The van der Waals surface area contributed by atoms with Crippen molar-refractivity contribution in [2.24, 2.45) is 0 Å². The Kier molecular flexibility index (Phi) is 4.74. The third-order valence-corrected chi connectivity index (χ3v) is 4.53. The number of thiazole rings is 1. The third kappa shape index (κ3) is 4.08. The van der Waals surface area contributed by atoms with Crippen molar-refractivity contribution in [2.75, 3.05) is 0 Å². The summed E-state index contributed by atoms with van der Waals surface area (Å²) in [7, 11) is 0. The fourth-order valence-electron chi connectivity index (χ4n) is 1.95. The van der Waals surface area contributed by atoms with Crippen LogP contribution in [0.4, 0.5) is 8.78 Å². The number of hydrogen-bond acceptors (Lipinski definition) is 3. The molecule has 0 saturated carbocycles. The number of aromatic nitrogens is 1. The molecule has 21 heavy (non-hydrogen) atoms. The zero-order valence-corrected chi connectivity index (χ0v) is 13.5. The van der Waals surface area contributed by atoms with Gasteiger partial charge in [0, 0.05) is 35.0 Å². The molecule has 0 fully saturated rings. The van der Waals surface area contributed by atoms with Crippen LogP contribution in [0.1, 0.15) is 50.0 Å². The maximum Gasteiger partial charge on any atom is 0.130 e. The Morgan fingerprint density at radius 2 is 2.00 bits per heavy atom. The van der Waals surface area contributed by atoms with Crippen LogP contribution in [0.2, 0.25) is 0 Å². The number of benzene rings is 1. The molecule has 1 aromatic heterocycles. The number of nitrogens with zero attached hydrogens (tertiary/aromatic N) is 1. The summed E-state index contributed by atoms with van der Waals surface area (Å²) >= 11 is 1.63. The van der Waals surface area contributed by atoms with Crippen molar-refractivity contribution < 1.29 is 8.78 Å². The van der Waals surface area contributed by atoms with Crippen LogP contribution in [0.3, 0.4) is 0 Å². The topological polar surface area (TPSA) is 24.9 Å². The molecule has 114 valence electrons. The second-order valence-electron chi connectivity index (χ2n) is 6.16. The van der Waals surface area contributed by atoms with Gasteiger partial charge in [-0.25, -0.2) is 13.8 Å². The summed E-state index contributed by atoms with van der Waals surface area (Å²) in [5, 5.41) is 6.32. The SMILES string of the molecule is CC(NCc1csc(C(C)(C)C)n1)c1ccc(F)cc1F. The molecule has 1 unspecified atom stereocenters. The molecule has 0 aliphatic rings. The van der Waals surface area contributed by atoms with Crippen LogP contribution in [0.5, 0.6) is 0 Å². The summed E-state index contributed by atoms with van der Waals surface area (Å²) in [6.45, 7) is 8.79. The van der Waals surface area contributed by atoms with Gasteiger partial charge < -0.3 is 5.32 Å². The van der Waals surface area contributed by atoms with Crippen molar-refractivity contribution in [3.63, 3.8) is 0 Å². The van der Waals surface area contributed by atoms with E-state index in [-0.39, 0.29) is 11.5 Å². The Hall–Kier alpha value is -1.33. The lowest BCUT2D eigenvalue weighted by molar-refractivity contribution is 0.513. The zero-order valence-electron chi connectivity index (χ0n) is 12.7. The Morgan fingerprint density at radius 1 is 1.29 bits per heavy atom. The van der Waals surface area contributed by atoms with Crippen molar-refractivity contribution in [1.82, 2.24) is 10.3 Å². The molecule has 0 bridgehead atoms. The van der Waals surface area contributed by atoms with Gasteiger partial charge in [0.05, 0.1) is 10.7 Å². The van der Waals surface area contributed by atoms with Crippen LogP contribution in [-0.2, 0) is 12.0 Å². The minimum atomic E-state index is -0.558. The van der Waals surface area contributed by atoms with E-state index >= 15 is 0 Å². The second kappa shape index (κ2) is 6.20. The molecule has 2 aromatic rings. The van der Waals surface area contributed by atoms with Crippen LogP contribution in [0, 0.1) is 11.6 Å². The highest BCUT2D eigenvalue weighted by Gasteiger charge is 2.18. The van der Waals surface area contributed by atoms with E-state index < -0.39 is 11.6 Å². The van der Waals surface area contributed by atoms with Crippen LogP contribution in [-0.4, -0.2) is 4.98 Å². The van der Waals surface area contributed by atoms with Gasteiger partial charge in [-0.1, -0.05) is 26.8 Å².